The largest absolute Gasteiger partial charge is 0.455 e. The molecule has 1 amide bonds. The summed E-state index contributed by atoms with van der Waals surface area (Å²) in [6, 6.07) is 9.50. The molecule has 11 nitrogen and oxygen atoms in total. The van der Waals surface area contributed by atoms with Gasteiger partial charge in [-0.1, -0.05) is 12.1 Å². The lowest BCUT2D eigenvalue weighted by molar-refractivity contribution is -0.384. The van der Waals surface area contributed by atoms with Crippen molar-refractivity contribution in [2.75, 3.05) is 18.5 Å². The van der Waals surface area contributed by atoms with E-state index in [-0.39, 0.29) is 10.5 Å². The first-order valence-corrected chi connectivity index (χ1v) is 9.50. The molecule has 30 heavy (non-hydrogen) atoms. The highest BCUT2D eigenvalue weighted by Crippen LogP contribution is 2.21. The number of hydrogen-bond donors (Lipinski definition) is 2. The van der Waals surface area contributed by atoms with Crippen LogP contribution in [0.2, 0.25) is 0 Å². The van der Waals surface area contributed by atoms with E-state index in [2.05, 4.69) is 4.74 Å². The molecule has 0 saturated carbocycles. The molecule has 2 N–H and O–H groups in total. The number of esters is 1. The van der Waals surface area contributed by atoms with Crippen LogP contribution in [0.25, 0.3) is 0 Å². The zero-order chi connectivity index (χ0) is 22.3. The number of nitrogens with one attached hydrogen (secondary N) is 2. The average Bonchev–Trinajstić information content (AvgIpc) is 2.72. The summed E-state index contributed by atoms with van der Waals surface area (Å²) in [5.41, 5.74) is -1.08. The molecule has 0 bridgehead atoms. The number of hydrogen-bond acceptors (Lipinski definition) is 8. The molecule has 0 atom stereocenters. The van der Waals surface area contributed by atoms with E-state index >= 15 is 0 Å². The Bertz CT molecular complexity index is 1150. The maximum Gasteiger partial charge on any atom is 0.321 e. The lowest BCUT2D eigenvalue weighted by Crippen LogP contribution is -2.32. The third kappa shape index (κ3) is 5.80. The molecule has 0 aromatic heterocycles. The van der Waals surface area contributed by atoms with Crippen molar-refractivity contribution in [3.63, 3.8) is 0 Å². The summed E-state index contributed by atoms with van der Waals surface area (Å²) in [6.45, 7) is -1.72. The van der Waals surface area contributed by atoms with Gasteiger partial charge < -0.3 is 10.1 Å². The summed E-state index contributed by atoms with van der Waals surface area (Å²) in [5, 5.41) is 21.6. The number of nitro groups is 1. The van der Waals surface area contributed by atoms with Crippen molar-refractivity contribution >= 4 is 33.3 Å². The van der Waals surface area contributed by atoms with Crippen LogP contribution in [-0.2, 0) is 24.3 Å². The Morgan fingerprint density at radius 2 is 1.93 bits per heavy atom. The van der Waals surface area contributed by atoms with Crippen LogP contribution in [0.1, 0.15) is 5.56 Å². The summed E-state index contributed by atoms with van der Waals surface area (Å²) >= 11 is 0. The molecule has 0 spiro atoms. The second kappa shape index (κ2) is 9.54. The molecule has 2 aromatic rings. The summed E-state index contributed by atoms with van der Waals surface area (Å²) in [4.78, 5) is 33.0. The topological polar surface area (TPSA) is 168 Å². The number of benzene rings is 2. The second-order valence-electron chi connectivity index (χ2n) is 5.56. The van der Waals surface area contributed by atoms with Crippen LogP contribution >= 0.6 is 0 Å². The van der Waals surface area contributed by atoms with Gasteiger partial charge >= 0.3 is 5.97 Å². The van der Waals surface area contributed by atoms with Gasteiger partial charge in [-0.15, -0.1) is 0 Å². The zero-order valence-electron chi connectivity index (χ0n) is 15.0. The minimum absolute atomic E-state index is 0.128. The Hall–Kier alpha value is -3.89. The van der Waals surface area contributed by atoms with Crippen LogP contribution < -0.4 is 10.0 Å². The van der Waals surface area contributed by atoms with E-state index in [0.717, 1.165) is 18.2 Å². The van der Waals surface area contributed by atoms with Gasteiger partial charge in [-0.3, -0.25) is 19.7 Å². The van der Waals surface area contributed by atoms with E-state index in [1.807, 2.05) is 10.0 Å². The number of nitro benzene ring substituents is 1. The molecule has 156 valence electrons. The standard InChI is InChI=1S/C17H13FN4O7S/c18-13-6-5-12(22(25)26)7-14(13)21-16(23)10-29-17(24)9-20-30(27,28)15-4-2-1-3-11(15)8-19/h1-7,20H,9-10H2,(H,21,23). The van der Waals surface area contributed by atoms with E-state index < -0.39 is 57.2 Å². The number of carbonyl (C=O) groups is 2. The fraction of sp³-hybridized carbons (Fsp3) is 0.118. The minimum Gasteiger partial charge on any atom is -0.455 e. The number of amides is 1. The van der Waals surface area contributed by atoms with Crippen LogP contribution in [0.5, 0.6) is 0 Å². The number of halogens is 1. The highest BCUT2D eigenvalue weighted by molar-refractivity contribution is 7.89. The molecular weight excluding hydrogens is 423 g/mol. The minimum atomic E-state index is -4.19. The van der Waals surface area contributed by atoms with Crippen LogP contribution in [0, 0.1) is 27.3 Å². The van der Waals surface area contributed by atoms with Crippen molar-refractivity contribution in [2.45, 2.75) is 4.90 Å². The molecule has 0 fully saturated rings. The van der Waals surface area contributed by atoms with Gasteiger partial charge in [0.25, 0.3) is 11.6 Å². The molecule has 0 aliphatic heterocycles. The summed E-state index contributed by atoms with van der Waals surface area (Å²) in [7, 11) is -4.19. The number of sulfonamides is 1. The van der Waals surface area contributed by atoms with Crippen LogP contribution in [0.3, 0.4) is 0 Å². The molecule has 0 aliphatic rings. The van der Waals surface area contributed by atoms with Gasteiger partial charge in [0.05, 0.1) is 21.1 Å². The fourth-order valence-corrected chi connectivity index (χ4v) is 3.26. The van der Waals surface area contributed by atoms with E-state index in [9.17, 15) is 32.5 Å². The number of rotatable bonds is 8. The van der Waals surface area contributed by atoms with E-state index in [1.165, 1.54) is 24.3 Å². The van der Waals surface area contributed by atoms with Gasteiger partial charge in [0.2, 0.25) is 10.0 Å². The number of carbonyl (C=O) groups excluding carboxylic acids is 2. The predicted octanol–water partition coefficient (Wildman–Crippen LogP) is 1.07. The number of nitriles is 1. The molecule has 2 rings (SSSR count). The van der Waals surface area contributed by atoms with Gasteiger partial charge in [-0.05, 0) is 18.2 Å². The molecule has 0 aliphatic carbocycles. The maximum atomic E-state index is 13.6. The van der Waals surface area contributed by atoms with Crippen molar-refractivity contribution in [1.29, 1.82) is 5.26 Å². The fourth-order valence-electron chi connectivity index (χ4n) is 2.13. The monoisotopic (exact) mass is 436 g/mol. The van der Waals surface area contributed by atoms with E-state index in [1.54, 1.807) is 6.07 Å². The van der Waals surface area contributed by atoms with E-state index in [4.69, 9.17) is 5.26 Å². The SMILES string of the molecule is N#Cc1ccccc1S(=O)(=O)NCC(=O)OCC(=O)Nc1cc([N+](=O)[O-])ccc1F. The Morgan fingerprint density at radius 1 is 1.23 bits per heavy atom. The summed E-state index contributed by atoms with van der Waals surface area (Å²) in [5.74, 6) is -3.06. The normalized spacial score (nSPS) is 10.7. The zero-order valence-corrected chi connectivity index (χ0v) is 15.8. The van der Waals surface area contributed by atoms with Gasteiger partial charge in [0.1, 0.15) is 18.4 Å². The third-order valence-electron chi connectivity index (χ3n) is 3.50. The van der Waals surface area contributed by atoms with Crippen molar-refractivity contribution < 1.29 is 32.1 Å². The molecule has 0 unspecified atom stereocenters. The Kier molecular flexibility index (Phi) is 7.13. The molecule has 13 heteroatoms. The van der Waals surface area contributed by atoms with Crippen LogP contribution in [-0.4, -0.2) is 38.4 Å². The van der Waals surface area contributed by atoms with E-state index in [0.29, 0.717) is 0 Å². The Balaban J connectivity index is 1.91. The predicted molar refractivity (Wildman–Crippen MR) is 99.0 cm³/mol. The number of non-ortho nitro benzene ring substituents is 1. The number of anilines is 1. The van der Waals surface area contributed by atoms with Crippen molar-refractivity contribution in [1.82, 2.24) is 4.72 Å². The first kappa shape index (κ1) is 22.4. The molecule has 0 radical (unpaired) electrons. The lowest BCUT2D eigenvalue weighted by atomic mass is 10.2. The smallest absolute Gasteiger partial charge is 0.321 e. The van der Waals surface area contributed by atoms with Gasteiger partial charge in [0.15, 0.2) is 6.61 Å². The average molecular weight is 436 g/mol. The van der Waals surface area contributed by atoms with Crippen molar-refractivity contribution in [3.8, 4) is 6.07 Å². The van der Waals surface area contributed by atoms with Gasteiger partial charge in [-0.2, -0.15) is 9.98 Å². The summed E-state index contributed by atoms with van der Waals surface area (Å²) < 4.78 is 44.5. The second-order valence-corrected chi connectivity index (χ2v) is 7.30. The highest BCUT2D eigenvalue weighted by Gasteiger charge is 2.20. The molecule has 0 heterocycles. The van der Waals surface area contributed by atoms with Crippen LogP contribution in [0.15, 0.2) is 47.4 Å². The first-order valence-electron chi connectivity index (χ1n) is 8.02. The van der Waals surface area contributed by atoms with Crippen LogP contribution in [0.4, 0.5) is 15.8 Å². The maximum absolute atomic E-state index is 13.6. The molecule has 0 saturated heterocycles. The Morgan fingerprint density at radius 3 is 2.60 bits per heavy atom. The molecule has 2 aromatic carbocycles. The summed E-state index contributed by atoms with van der Waals surface area (Å²) in [6.07, 6.45) is 0. The third-order valence-corrected chi connectivity index (χ3v) is 4.96. The highest BCUT2D eigenvalue weighted by atomic mass is 32.2. The quantitative estimate of drug-likeness (QED) is 0.352. The Labute approximate surface area is 169 Å². The van der Waals surface area contributed by atoms with Gasteiger partial charge in [-0.25, -0.2) is 12.8 Å². The van der Waals surface area contributed by atoms with Crippen molar-refractivity contribution in [3.05, 3.63) is 64.0 Å². The number of nitrogens with zero attached hydrogens (tertiary/aromatic N) is 2. The molecular formula is C17H13FN4O7S. The first-order chi connectivity index (χ1) is 14.1. The lowest BCUT2D eigenvalue weighted by Gasteiger charge is -2.09. The van der Waals surface area contributed by atoms with Crippen molar-refractivity contribution in [2.24, 2.45) is 0 Å². The number of ether oxygens (including phenoxy) is 1. The van der Waals surface area contributed by atoms with Gasteiger partial charge in [0, 0.05) is 12.1 Å².